The van der Waals surface area contributed by atoms with Gasteiger partial charge in [-0.05, 0) is 74.1 Å². The number of nitrogens with zero attached hydrogens (tertiary/aromatic N) is 3. The van der Waals surface area contributed by atoms with Crippen LogP contribution in [0.15, 0.2) is 36.7 Å². The molecule has 1 aromatic heterocycles. The number of halogens is 2. The molecular weight excluding hydrogens is 371 g/mol. The first-order valence-electron chi connectivity index (χ1n) is 8.88. The van der Waals surface area contributed by atoms with Crippen LogP contribution in [0.4, 0.5) is 0 Å². The quantitative estimate of drug-likeness (QED) is 0.857. The summed E-state index contributed by atoms with van der Waals surface area (Å²) in [6, 6.07) is 8.24. The first-order valence-corrected chi connectivity index (χ1v) is 8.88. The summed E-state index contributed by atoms with van der Waals surface area (Å²) in [5, 5.41) is 7.91. The maximum Gasteiger partial charge on any atom is 0.119 e. The topological polar surface area (TPSA) is 42.3 Å². The largest absolute Gasteiger partial charge is 0.497 e. The smallest absolute Gasteiger partial charge is 0.119 e. The van der Waals surface area contributed by atoms with Crippen molar-refractivity contribution in [3.63, 3.8) is 0 Å². The predicted molar refractivity (Wildman–Crippen MR) is 109 cm³/mol. The summed E-state index contributed by atoms with van der Waals surface area (Å²) in [5.41, 5.74) is 2.96. The van der Waals surface area contributed by atoms with Crippen LogP contribution in [0.3, 0.4) is 0 Å². The number of rotatable bonds is 4. The van der Waals surface area contributed by atoms with E-state index in [1.807, 2.05) is 29.2 Å². The van der Waals surface area contributed by atoms with Gasteiger partial charge in [-0.25, -0.2) is 4.68 Å². The van der Waals surface area contributed by atoms with E-state index in [0.717, 1.165) is 18.0 Å². The molecule has 0 atom stereocenters. The predicted octanol–water partition coefficient (Wildman–Crippen LogP) is 3.30. The molecule has 2 fully saturated rings. The molecule has 3 heterocycles. The van der Waals surface area contributed by atoms with Crippen molar-refractivity contribution < 1.29 is 4.74 Å². The van der Waals surface area contributed by atoms with E-state index in [4.69, 9.17) is 4.74 Å². The van der Waals surface area contributed by atoms with Crippen LogP contribution in [-0.2, 0) is 6.54 Å². The fraction of sp³-hybridized carbons (Fsp3) is 0.526. The van der Waals surface area contributed by atoms with Gasteiger partial charge in [0.05, 0.1) is 12.8 Å². The highest BCUT2D eigenvalue weighted by molar-refractivity contribution is 5.85. The van der Waals surface area contributed by atoms with Crippen LogP contribution in [0.25, 0.3) is 5.69 Å². The Morgan fingerprint density at radius 3 is 2.69 bits per heavy atom. The van der Waals surface area contributed by atoms with E-state index in [0.29, 0.717) is 5.41 Å². The van der Waals surface area contributed by atoms with Crippen LogP contribution in [-0.4, -0.2) is 48.0 Å². The lowest BCUT2D eigenvalue weighted by molar-refractivity contribution is 0.194. The Morgan fingerprint density at radius 2 is 2.00 bits per heavy atom. The first-order chi connectivity index (χ1) is 11.8. The van der Waals surface area contributed by atoms with E-state index >= 15 is 0 Å². The summed E-state index contributed by atoms with van der Waals surface area (Å²) in [5.74, 6) is 0.914. The van der Waals surface area contributed by atoms with Gasteiger partial charge in [-0.3, -0.25) is 4.90 Å². The second kappa shape index (κ2) is 9.09. The number of piperidine rings is 1. The van der Waals surface area contributed by atoms with Crippen molar-refractivity contribution in [1.82, 2.24) is 20.0 Å². The molecule has 0 aliphatic carbocycles. The van der Waals surface area contributed by atoms with Crippen molar-refractivity contribution >= 4 is 24.8 Å². The zero-order valence-corrected chi connectivity index (χ0v) is 16.8. The molecule has 2 saturated heterocycles. The molecule has 2 aliphatic heterocycles. The number of aromatic nitrogens is 2. The molecule has 0 bridgehead atoms. The second-order valence-corrected chi connectivity index (χ2v) is 7.16. The average molecular weight is 399 g/mol. The lowest BCUT2D eigenvalue weighted by Crippen LogP contribution is -2.38. The number of methoxy groups -OCH3 is 1. The third kappa shape index (κ3) is 4.34. The SMILES string of the molecule is COc1ccc(-n2cccn2)c(CN2CCC3(CCNCC3)C2)c1.Cl.Cl. The van der Waals surface area contributed by atoms with Crippen molar-refractivity contribution in [1.29, 1.82) is 0 Å². The Balaban J connectivity index is 0.00000121. The molecule has 0 radical (unpaired) electrons. The number of hydrogen-bond donors (Lipinski definition) is 1. The Bertz CT molecular complexity index is 687. The van der Waals surface area contributed by atoms with Gasteiger partial charge < -0.3 is 10.1 Å². The zero-order chi connectivity index (χ0) is 16.4. The van der Waals surface area contributed by atoms with Crippen molar-refractivity contribution in [3.05, 3.63) is 42.2 Å². The fourth-order valence-corrected chi connectivity index (χ4v) is 4.22. The molecule has 1 spiro atoms. The molecule has 7 heteroatoms. The molecule has 26 heavy (non-hydrogen) atoms. The molecule has 1 aromatic carbocycles. The van der Waals surface area contributed by atoms with Crippen LogP contribution in [0, 0.1) is 5.41 Å². The third-order valence-corrected chi connectivity index (χ3v) is 5.61. The highest BCUT2D eigenvalue weighted by atomic mass is 35.5. The Kier molecular flexibility index (Phi) is 7.35. The first kappa shape index (κ1) is 21.0. The van der Waals surface area contributed by atoms with Gasteiger partial charge in [-0.15, -0.1) is 24.8 Å². The molecule has 144 valence electrons. The van der Waals surface area contributed by atoms with Gasteiger partial charge in [0.2, 0.25) is 0 Å². The molecule has 4 rings (SSSR count). The van der Waals surface area contributed by atoms with Gasteiger partial charge >= 0.3 is 0 Å². The summed E-state index contributed by atoms with van der Waals surface area (Å²) in [7, 11) is 1.73. The molecule has 5 nitrogen and oxygen atoms in total. The van der Waals surface area contributed by atoms with E-state index in [9.17, 15) is 0 Å². The highest BCUT2D eigenvalue weighted by Crippen LogP contribution is 2.39. The minimum absolute atomic E-state index is 0. The van der Waals surface area contributed by atoms with Gasteiger partial charge in [0, 0.05) is 25.5 Å². The van der Waals surface area contributed by atoms with Crippen molar-refractivity contribution in [2.45, 2.75) is 25.8 Å². The van der Waals surface area contributed by atoms with E-state index < -0.39 is 0 Å². The maximum atomic E-state index is 5.45. The Morgan fingerprint density at radius 1 is 1.19 bits per heavy atom. The van der Waals surface area contributed by atoms with E-state index in [1.54, 1.807) is 7.11 Å². The fourth-order valence-electron chi connectivity index (χ4n) is 4.22. The minimum Gasteiger partial charge on any atom is -0.497 e. The van der Waals surface area contributed by atoms with E-state index in [2.05, 4.69) is 27.4 Å². The molecule has 0 unspecified atom stereocenters. The summed E-state index contributed by atoms with van der Waals surface area (Å²) in [6.45, 7) is 5.71. The molecule has 0 amide bonds. The molecular formula is C19H28Cl2N4O. The Labute approximate surface area is 167 Å². The number of hydrogen-bond acceptors (Lipinski definition) is 4. The zero-order valence-electron chi connectivity index (χ0n) is 15.2. The summed E-state index contributed by atoms with van der Waals surface area (Å²) in [6.07, 6.45) is 7.79. The standard InChI is InChI=1S/C19H26N4O.2ClH/c1-24-17-3-4-18(23-11-2-8-21-23)16(13-17)14-22-12-7-19(15-22)5-9-20-10-6-19;;/h2-4,8,11,13,20H,5-7,9-10,12,14-15H2,1H3;2*1H. The van der Waals surface area contributed by atoms with E-state index in [1.165, 1.54) is 51.0 Å². The summed E-state index contributed by atoms with van der Waals surface area (Å²) < 4.78 is 7.39. The molecule has 1 N–H and O–H groups in total. The lowest BCUT2D eigenvalue weighted by atomic mass is 9.78. The van der Waals surface area contributed by atoms with Crippen LogP contribution >= 0.6 is 24.8 Å². The maximum absolute atomic E-state index is 5.45. The number of benzene rings is 1. The molecule has 2 aliphatic rings. The number of likely N-dealkylation sites (tertiary alicyclic amines) is 1. The van der Waals surface area contributed by atoms with Gasteiger partial charge in [-0.1, -0.05) is 0 Å². The molecule has 2 aromatic rings. The van der Waals surface area contributed by atoms with E-state index in [-0.39, 0.29) is 24.8 Å². The Hall–Kier alpha value is -1.27. The van der Waals surface area contributed by atoms with Crippen LogP contribution in [0.5, 0.6) is 5.75 Å². The van der Waals surface area contributed by atoms with Crippen LogP contribution < -0.4 is 10.1 Å². The number of nitrogens with one attached hydrogen (secondary N) is 1. The number of ether oxygens (including phenoxy) is 1. The lowest BCUT2D eigenvalue weighted by Gasteiger charge is -2.34. The molecule has 0 saturated carbocycles. The van der Waals surface area contributed by atoms with Crippen LogP contribution in [0.1, 0.15) is 24.8 Å². The van der Waals surface area contributed by atoms with Crippen molar-refractivity contribution in [2.75, 3.05) is 33.3 Å². The van der Waals surface area contributed by atoms with Crippen molar-refractivity contribution in [3.8, 4) is 11.4 Å². The summed E-state index contributed by atoms with van der Waals surface area (Å²) >= 11 is 0. The minimum atomic E-state index is 0. The van der Waals surface area contributed by atoms with Crippen LogP contribution in [0.2, 0.25) is 0 Å². The van der Waals surface area contributed by atoms with Crippen molar-refractivity contribution in [2.24, 2.45) is 5.41 Å². The van der Waals surface area contributed by atoms with Gasteiger partial charge in [0.15, 0.2) is 0 Å². The van der Waals surface area contributed by atoms with Gasteiger partial charge in [0.25, 0.3) is 0 Å². The average Bonchev–Trinajstić information content (AvgIpc) is 3.26. The van der Waals surface area contributed by atoms with Gasteiger partial charge in [0.1, 0.15) is 5.75 Å². The highest BCUT2D eigenvalue weighted by Gasteiger charge is 2.38. The summed E-state index contributed by atoms with van der Waals surface area (Å²) in [4.78, 5) is 2.60. The normalized spacial score (nSPS) is 19.0. The monoisotopic (exact) mass is 398 g/mol. The van der Waals surface area contributed by atoms with Gasteiger partial charge in [-0.2, -0.15) is 5.10 Å². The third-order valence-electron chi connectivity index (χ3n) is 5.61. The second-order valence-electron chi connectivity index (χ2n) is 7.16.